The van der Waals surface area contributed by atoms with Crippen molar-refractivity contribution in [3.8, 4) is 0 Å². The van der Waals surface area contributed by atoms with Crippen LogP contribution in [0.3, 0.4) is 0 Å². The van der Waals surface area contributed by atoms with Crippen LogP contribution in [0.1, 0.15) is 0 Å². The normalized spacial score (nSPS) is 15.7. The van der Waals surface area contributed by atoms with Gasteiger partial charge in [0.05, 0.1) is 10.7 Å². The summed E-state index contributed by atoms with van der Waals surface area (Å²) < 4.78 is 0. The molecular weight excluding hydrogens is 280 g/mol. The molecule has 0 aliphatic carbocycles. The summed E-state index contributed by atoms with van der Waals surface area (Å²) in [6.07, 6.45) is 1.95. The molecule has 1 aliphatic rings. The van der Waals surface area contributed by atoms with E-state index < -0.39 is 5.97 Å². The molecular formula is C14H15ClN2O3. The zero-order valence-electron chi connectivity index (χ0n) is 10.8. The van der Waals surface area contributed by atoms with Crippen LogP contribution in [0.5, 0.6) is 0 Å². The van der Waals surface area contributed by atoms with E-state index in [0.29, 0.717) is 31.2 Å². The molecule has 1 aromatic carbocycles. The maximum atomic E-state index is 11.7. The summed E-state index contributed by atoms with van der Waals surface area (Å²) in [5, 5.41) is 9.19. The van der Waals surface area contributed by atoms with Gasteiger partial charge in [0.15, 0.2) is 0 Å². The number of hydrogen-bond donors (Lipinski definition) is 1. The van der Waals surface area contributed by atoms with Crippen LogP contribution in [0.25, 0.3) is 0 Å². The van der Waals surface area contributed by atoms with Crippen molar-refractivity contribution in [3.05, 3.63) is 41.4 Å². The topological polar surface area (TPSA) is 60.9 Å². The van der Waals surface area contributed by atoms with Crippen LogP contribution >= 0.6 is 11.6 Å². The highest BCUT2D eigenvalue weighted by Gasteiger charge is 2.20. The summed E-state index contributed by atoms with van der Waals surface area (Å²) in [5.41, 5.74) is 0.961. The second-order valence-electron chi connectivity index (χ2n) is 4.44. The van der Waals surface area contributed by atoms with Gasteiger partial charge in [0, 0.05) is 38.3 Å². The van der Waals surface area contributed by atoms with Crippen molar-refractivity contribution >= 4 is 29.2 Å². The zero-order valence-corrected chi connectivity index (χ0v) is 11.6. The number of hydrogen-bond acceptors (Lipinski definition) is 3. The average molecular weight is 295 g/mol. The predicted molar refractivity (Wildman–Crippen MR) is 77.0 cm³/mol. The molecule has 1 N–H and O–H groups in total. The van der Waals surface area contributed by atoms with Gasteiger partial charge in [-0.1, -0.05) is 23.7 Å². The van der Waals surface area contributed by atoms with E-state index in [1.165, 1.54) is 0 Å². The van der Waals surface area contributed by atoms with Crippen LogP contribution in [-0.2, 0) is 9.59 Å². The molecule has 0 saturated carbocycles. The molecule has 0 atom stereocenters. The predicted octanol–water partition coefficient (Wildman–Crippen LogP) is 1.63. The van der Waals surface area contributed by atoms with Crippen molar-refractivity contribution in [3.63, 3.8) is 0 Å². The van der Waals surface area contributed by atoms with Crippen molar-refractivity contribution in [1.29, 1.82) is 0 Å². The SMILES string of the molecule is O=C(O)C=CC(=O)N1CCN(c2ccccc2Cl)CC1. The Morgan fingerprint density at radius 3 is 2.35 bits per heavy atom. The van der Waals surface area contributed by atoms with E-state index in [1.807, 2.05) is 24.3 Å². The van der Waals surface area contributed by atoms with Gasteiger partial charge >= 0.3 is 5.97 Å². The first-order valence-electron chi connectivity index (χ1n) is 6.27. The number of halogens is 1. The molecule has 5 nitrogen and oxygen atoms in total. The first kappa shape index (κ1) is 14.4. The summed E-state index contributed by atoms with van der Waals surface area (Å²) in [5.74, 6) is -1.39. The Bertz CT molecular complexity index is 537. The van der Waals surface area contributed by atoms with Crippen LogP contribution in [0.4, 0.5) is 5.69 Å². The Labute approximate surface area is 122 Å². The number of nitrogens with zero attached hydrogens (tertiary/aromatic N) is 2. The van der Waals surface area contributed by atoms with Crippen molar-refractivity contribution in [2.75, 3.05) is 31.1 Å². The average Bonchev–Trinajstić information content (AvgIpc) is 2.45. The first-order valence-corrected chi connectivity index (χ1v) is 6.65. The van der Waals surface area contributed by atoms with Crippen molar-refractivity contribution in [2.24, 2.45) is 0 Å². The van der Waals surface area contributed by atoms with Crippen LogP contribution in [0.15, 0.2) is 36.4 Å². The maximum Gasteiger partial charge on any atom is 0.328 e. The first-order chi connectivity index (χ1) is 9.58. The number of carbonyl (C=O) groups excluding carboxylic acids is 1. The molecule has 1 heterocycles. The molecule has 1 aromatic rings. The third-order valence-corrected chi connectivity index (χ3v) is 3.47. The molecule has 0 bridgehead atoms. The quantitative estimate of drug-likeness (QED) is 0.861. The molecule has 0 unspecified atom stereocenters. The van der Waals surface area contributed by atoms with Crippen LogP contribution in [0, 0.1) is 0 Å². The van der Waals surface area contributed by atoms with E-state index in [9.17, 15) is 9.59 Å². The number of carbonyl (C=O) groups is 2. The van der Waals surface area contributed by atoms with E-state index in [4.69, 9.17) is 16.7 Å². The van der Waals surface area contributed by atoms with Crippen molar-refractivity contribution in [2.45, 2.75) is 0 Å². The van der Waals surface area contributed by atoms with E-state index in [2.05, 4.69) is 4.90 Å². The molecule has 1 saturated heterocycles. The Hall–Kier alpha value is -2.01. The Balaban J connectivity index is 1.94. The lowest BCUT2D eigenvalue weighted by Gasteiger charge is -2.36. The number of piperazine rings is 1. The minimum absolute atomic E-state index is 0.272. The van der Waals surface area contributed by atoms with E-state index >= 15 is 0 Å². The molecule has 2 rings (SSSR count). The number of carboxylic acid groups (broad SMARTS) is 1. The standard InChI is InChI=1S/C14H15ClN2O3/c15-11-3-1-2-4-12(11)16-7-9-17(10-8-16)13(18)5-6-14(19)20/h1-6H,7-10H2,(H,19,20). The fourth-order valence-corrected chi connectivity index (χ4v) is 2.38. The smallest absolute Gasteiger partial charge is 0.328 e. The van der Waals surface area contributed by atoms with E-state index in [0.717, 1.165) is 17.8 Å². The van der Waals surface area contributed by atoms with Gasteiger partial charge in [-0.25, -0.2) is 4.79 Å². The van der Waals surface area contributed by atoms with Gasteiger partial charge in [-0.3, -0.25) is 4.79 Å². The van der Waals surface area contributed by atoms with Gasteiger partial charge in [-0.2, -0.15) is 0 Å². The van der Waals surface area contributed by atoms with Gasteiger partial charge in [0.25, 0.3) is 0 Å². The Kier molecular flexibility index (Phi) is 4.63. The lowest BCUT2D eigenvalue weighted by atomic mass is 10.2. The summed E-state index contributed by atoms with van der Waals surface area (Å²) in [4.78, 5) is 25.9. The lowest BCUT2D eigenvalue weighted by molar-refractivity contribution is -0.132. The minimum atomic E-state index is -1.12. The fraction of sp³-hybridized carbons (Fsp3) is 0.286. The minimum Gasteiger partial charge on any atom is -0.478 e. The van der Waals surface area contributed by atoms with Gasteiger partial charge in [0.2, 0.25) is 5.91 Å². The van der Waals surface area contributed by atoms with E-state index in [-0.39, 0.29) is 5.91 Å². The molecule has 20 heavy (non-hydrogen) atoms. The van der Waals surface area contributed by atoms with Crippen molar-refractivity contribution < 1.29 is 14.7 Å². The Morgan fingerprint density at radius 1 is 1.10 bits per heavy atom. The lowest BCUT2D eigenvalue weighted by Crippen LogP contribution is -2.48. The number of benzene rings is 1. The van der Waals surface area contributed by atoms with Gasteiger partial charge in [-0.05, 0) is 12.1 Å². The van der Waals surface area contributed by atoms with Gasteiger partial charge < -0.3 is 14.9 Å². The van der Waals surface area contributed by atoms with Gasteiger partial charge in [-0.15, -0.1) is 0 Å². The number of amides is 1. The number of rotatable bonds is 3. The fourth-order valence-electron chi connectivity index (χ4n) is 2.12. The molecule has 6 heteroatoms. The Morgan fingerprint density at radius 2 is 1.75 bits per heavy atom. The second-order valence-corrected chi connectivity index (χ2v) is 4.84. The molecule has 0 radical (unpaired) electrons. The highest BCUT2D eigenvalue weighted by molar-refractivity contribution is 6.33. The highest BCUT2D eigenvalue weighted by atomic mass is 35.5. The zero-order chi connectivity index (χ0) is 14.5. The highest BCUT2D eigenvalue weighted by Crippen LogP contribution is 2.25. The third-order valence-electron chi connectivity index (χ3n) is 3.15. The molecule has 1 fully saturated rings. The largest absolute Gasteiger partial charge is 0.478 e. The summed E-state index contributed by atoms with van der Waals surface area (Å²) in [7, 11) is 0. The summed E-state index contributed by atoms with van der Waals surface area (Å²) >= 11 is 6.14. The van der Waals surface area contributed by atoms with Crippen molar-refractivity contribution in [1.82, 2.24) is 4.90 Å². The second kappa shape index (κ2) is 6.43. The number of para-hydroxylation sites is 1. The molecule has 1 aliphatic heterocycles. The molecule has 1 amide bonds. The number of carboxylic acids is 1. The molecule has 0 aromatic heterocycles. The third kappa shape index (κ3) is 3.51. The van der Waals surface area contributed by atoms with E-state index in [1.54, 1.807) is 4.90 Å². The number of aliphatic carboxylic acids is 1. The van der Waals surface area contributed by atoms with Gasteiger partial charge in [0.1, 0.15) is 0 Å². The molecule has 0 spiro atoms. The summed E-state index contributed by atoms with van der Waals surface area (Å²) in [6, 6.07) is 7.59. The monoisotopic (exact) mass is 294 g/mol. The summed E-state index contributed by atoms with van der Waals surface area (Å²) in [6.45, 7) is 2.45. The number of anilines is 1. The molecule has 106 valence electrons. The van der Waals surface area contributed by atoms with Crippen LogP contribution < -0.4 is 4.90 Å². The van der Waals surface area contributed by atoms with Crippen LogP contribution in [0.2, 0.25) is 5.02 Å². The maximum absolute atomic E-state index is 11.7. The van der Waals surface area contributed by atoms with Crippen LogP contribution in [-0.4, -0.2) is 48.1 Å².